The highest BCUT2D eigenvalue weighted by atomic mass is 16.5. The third-order valence-corrected chi connectivity index (χ3v) is 3.97. The first-order valence-corrected chi connectivity index (χ1v) is 8.79. The molecule has 0 aliphatic carbocycles. The summed E-state index contributed by atoms with van der Waals surface area (Å²) in [5.41, 5.74) is 2.20. The molecule has 1 atom stereocenters. The van der Waals surface area contributed by atoms with Crippen molar-refractivity contribution >= 4 is 5.78 Å². The SMILES string of the molecule is COc1cccc(CNC[C@@H](O)COc2ccc(CCC(C)=O)cc2)c1. The number of aryl methyl sites for hydroxylation is 1. The molecule has 2 aromatic rings. The molecule has 5 nitrogen and oxygen atoms in total. The smallest absolute Gasteiger partial charge is 0.130 e. The lowest BCUT2D eigenvalue weighted by Crippen LogP contribution is -2.31. The van der Waals surface area contributed by atoms with Gasteiger partial charge >= 0.3 is 0 Å². The molecule has 0 aromatic heterocycles. The zero-order valence-electron chi connectivity index (χ0n) is 15.4. The Morgan fingerprint density at radius 3 is 2.58 bits per heavy atom. The van der Waals surface area contributed by atoms with Crippen LogP contribution >= 0.6 is 0 Å². The molecular formula is C21H27NO4. The van der Waals surface area contributed by atoms with Gasteiger partial charge < -0.3 is 24.7 Å². The second-order valence-corrected chi connectivity index (χ2v) is 6.29. The maximum Gasteiger partial charge on any atom is 0.130 e. The topological polar surface area (TPSA) is 67.8 Å². The van der Waals surface area contributed by atoms with Crippen molar-refractivity contribution < 1.29 is 19.4 Å². The Balaban J connectivity index is 1.67. The zero-order chi connectivity index (χ0) is 18.8. The third kappa shape index (κ3) is 7.25. The Hall–Kier alpha value is -2.37. The first kappa shape index (κ1) is 19.9. The van der Waals surface area contributed by atoms with E-state index in [0.29, 0.717) is 25.3 Å². The minimum atomic E-state index is -0.599. The molecule has 26 heavy (non-hydrogen) atoms. The molecule has 0 spiro atoms. The highest BCUT2D eigenvalue weighted by Gasteiger charge is 2.06. The lowest BCUT2D eigenvalue weighted by molar-refractivity contribution is -0.116. The molecule has 0 bridgehead atoms. The van der Waals surface area contributed by atoms with Crippen LogP contribution in [0.3, 0.4) is 0 Å². The first-order chi connectivity index (χ1) is 12.6. The van der Waals surface area contributed by atoms with Gasteiger partial charge in [-0.1, -0.05) is 24.3 Å². The fraction of sp³-hybridized carbons (Fsp3) is 0.381. The van der Waals surface area contributed by atoms with E-state index in [-0.39, 0.29) is 12.4 Å². The fourth-order valence-electron chi connectivity index (χ4n) is 2.49. The summed E-state index contributed by atoms with van der Waals surface area (Å²) in [6.07, 6.45) is 0.697. The Labute approximate surface area is 155 Å². The molecular weight excluding hydrogens is 330 g/mol. The average molecular weight is 357 g/mol. The second kappa shape index (κ2) is 10.6. The Morgan fingerprint density at radius 2 is 1.88 bits per heavy atom. The van der Waals surface area contributed by atoms with Gasteiger partial charge in [-0.15, -0.1) is 0 Å². The van der Waals surface area contributed by atoms with Crippen LogP contribution < -0.4 is 14.8 Å². The van der Waals surface area contributed by atoms with Crippen LogP contribution in [0.5, 0.6) is 11.5 Å². The summed E-state index contributed by atoms with van der Waals surface area (Å²) in [4.78, 5) is 11.0. The number of ketones is 1. The molecule has 0 saturated heterocycles. The quantitative estimate of drug-likeness (QED) is 0.647. The molecule has 0 fully saturated rings. The van der Waals surface area contributed by atoms with Gasteiger partial charge in [0.25, 0.3) is 0 Å². The van der Waals surface area contributed by atoms with Gasteiger partial charge in [-0.25, -0.2) is 0 Å². The van der Waals surface area contributed by atoms with Crippen LogP contribution in [0.25, 0.3) is 0 Å². The van der Waals surface area contributed by atoms with Crippen molar-refractivity contribution in [3.63, 3.8) is 0 Å². The highest BCUT2D eigenvalue weighted by molar-refractivity contribution is 5.75. The molecule has 0 aliphatic heterocycles. The van der Waals surface area contributed by atoms with E-state index in [1.54, 1.807) is 14.0 Å². The van der Waals surface area contributed by atoms with Crippen LogP contribution in [0.4, 0.5) is 0 Å². The highest BCUT2D eigenvalue weighted by Crippen LogP contribution is 2.14. The maximum atomic E-state index is 11.0. The summed E-state index contributed by atoms with van der Waals surface area (Å²) in [6, 6.07) is 15.4. The van der Waals surface area contributed by atoms with Gasteiger partial charge in [-0.3, -0.25) is 0 Å². The number of benzene rings is 2. The molecule has 2 N–H and O–H groups in total. The molecule has 140 valence electrons. The van der Waals surface area contributed by atoms with Crippen LogP contribution in [0, 0.1) is 0 Å². The van der Waals surface area contributed by atoms with Crippen molar-refractivity contribution in [3.05, 3.63) is 59.7 Å². The van der Waals surface area contributed by atoms with Gasteiger partial charge in [0.05, 0.1) is 7.11 Å². The van der Waals surface area contributed by atoms with Crippen molar-refractivity contribution in [1.82, 2.24) is 5.32 Å². The molecule has 2 rings (SSSR count). The number of nitrogens with one attached hydrogen (secondary N) is 1. The summed E-state index contributed by atoms with van der Waals surface area (Å²) in [6.45, 7) is 2.91. The van der Waals surface area contributed by atoms with Crippen molar-refractivity contribution in [1.29, 1.82) is 0 Å². The van der Waals surface area contributed by atoms with E-state index in [1.165, 1.54) is 0 Å². The van der Waals surface area contributed by atoms with Gasteiger partial charge in [-0.2, -0.15) is 0 Å². The fourth-order valence-corrected chi connectivity index (χ4v) is 2.49. The van der Waals surface area contributed by atoms with Crippen LogP contribution in [0.1, 0.15) is 24.5 Å². The summed E-state index contributed by atoms with van der Waals surface area (Å²) < 4.78 is 10.8. The van der Waals surface area contributed by atoms with Crippen molar-refractivity contribution in [3.8, 4) is 11.5 Å². The lowest BCUT2D eigenvalue weighted by atomic mass is 10.1. The number of carbonyl (C=O) groups excluding carboxylic acids is 1. The van der Waals surface area contributed by atoms with Gasteiger partial charge in [0.1, 0.15) is 30.0 Å². The maximum absolute atomic E-state index is 11.0. The van der Waals surface area contributed by atoms with E-state index in [9.17, 15) is 9.90 Å². The number of aliphatic hydroxyl groups is 1. The standard InChI is InChI=1S/C21H27NO4/c1-16(23)6-7-17-8-10-20(11-9-17)26-15-19(24)14-22-13-18-4-3-5-21(12-18)25-2/h3-5,8-12,19,22,24H,6-7,13-15H2,1-2H3/t19-/m1/s1. The van der Waals surface area contributed by atoms with Crippen molar-refractivity contribution in [2.45, 2.75) is 32.4 Å². The molecule has 0 radical (unpaired) electrons. The Morgan fingerprint density at radius 1 is 1.12 bits per heavy atom. The van der Waals surface area contributed by atoms with Crippen molar-refractivity contribution in [2.75, 3.05) is 20.3 Å². The van der Waals surface area contributed by atoms with Crippen LogP contribution in [0.2, 0.25) is 0 Å². The Kier molecular flexibility index (Phi) is 8.12. The predicted octanol–water partition coefficient (Wildman–Crippen LogP) is 2.75. The third-order valence-electron chi connectivity index (χ3n) is 3.97. The summed E-state index contributed by atoms with van der Waals surface area (Å²) in [5.74, 6) is 1.72. The van der Waals surface area contributed by atoms with Crippen LogP contribution in [-0.2, 0) is 17.8 Å². The predicted molar refractivity (Wildman–Crippen MR) is 102 cm³/mol. The normalized spacial score (nSPS) is 11.8. The van der Waals surface area contributed by atoms with Gasteiger partial charge in [0.2, 0.25) is 0 Å². The number of hydrogen-bond acceptors (Lipinski definition) is 5. The molecule has 0 aliphatic rings. The lowest BCUT2D eigenvalue weighted by Gasteiger charge is -2.14. The van der Waals surface area contributed by atoms with E-state index in [1.807, 2.05) is 48.5 Å². The number of ether oxygens (including phenoxy) is 2. The van der Waals surface area contributed by atoms with Crippen LogP contribution in [0.15, 0.2) is 48.5 Å². The second-order valence-electron chi connectivity index (χ2n) is 6.29. The zero-order valence-corrected chi connectivity index (χ0v) is 15.4. The number of hydrogen-bond donors (Lipinski definition) is 2. The molecule has 0 unspecified atom stereocenters. The summed E-state index contributed by atoms with van der Waals surface area (Å²) >= 11 is 0. The first-order valence-electron chi connectivity index (χ1n) is 8.79. The minimum absolute atomic E-state index is 0.190. The van der Waals surface area contributed by atoms with E-state index >= 15 is 0 Å². The van der Waals surface area contributed by atoms with E-state index in [4.69, 9.17) is 9.47 Å². The number of methoxy groups -OCH3 is 1. The largest absolute Gasteiger partial charge is 0.497 e. The average Bonchev–Trinajstić information content (AvgIpc) is 2.65. The molecule has 0 heterocycles. The molecule has 5 heteroatoms. The van der Waals surface area contributed by atoms with Gasteiger partial charge in [-0.05, 0) is 48.7 Å². The number of Topliss-reactive ketones (excluding diaryl/α,β-unsaturated/α-hetero) is 1. The molecule has 2 aromatic carbocycles. The number of carbonyl (C=O) groups is 1. The Bertz CT molecular complexity index is 685. The van der Waals surface area contributed by atoms with Crippen molar-refractivity contribution in [2.24, 2.45) is 0 Å². The monoisotopic (exact) mass is 357 g/mol. The number of rotatable bonds is 11. The van der Waals surface area contributed by atoms with Crippen LogP contribution in [-0.4, -0.2) is 37.3 Å². The number of aliphatic hydroxyl groups excluding tert-OH is 1. The summed E-state index contributed by atoms with van der Waals surface area (Å²) in [5, 5.41) is 13.2. The van der Waals surface area contributed by atoms with E-state index in [0.717, 1.165) is 23.3 Å². The molecule has 0 amide bonds. The van der Waals surface area contributed by atoms with E-state index in [2.05, 4.69) is 5.32 Å². The van der Waals surface area contributed by atoms with Gasteiger partial charge in [0.15, 0.2) is 0 Å². The molecule has 0 saturated carbocycles. The van der Waals surface area contributed by atoms with Gasteiger partial charge in [0, 0.05) is 19.5 Å². The minimum Gasteiger partial charge on any atom is -0.497 e. The summed E-state index contributed by atoms with van der Waals surface area (Å²) in [7, 11) is 1.64. The van der Waals surface area contributed by atoms with E-state index < -0.39 is 6.10 Å².